The van der Waals surface area contributed by atoms with Crippen LogP contribution in [0.25, 0.3) is 0 Å². The van der Waals surface area contributed by atoms with Gasteiger partial charge in [-0.05, 0) is 24.7 Å². The highest BCUT2D eigenvalue weighted by atomic mass is 16.6. The molecule has 0 amide bonds. The fourth-order valence-electron chi connectivity index (χ4n) is 2.55. The second-order valence-corrected chi connectivity index (χ2v) is 4.94. The summed E-state index contributed by atoms with van der Waals surface area (Å²) in [6.07, 6.45) is 8.68. The number of hydrogen-bond acceptors (Lipinski definition) is 5. The van der Waals surface area contributed by atoms with Gasteiger partial charge in [0.05, 0.1) is 4.92 Å². The first-order chi connectivity index (χ1) is 8.65. The SMILES string of the molecule is CCC1(CNc2ncc([N+](=O)[O-])cn2)CCCC1. The van der Waals surface area contributed by atoms with E-state index in [-0.39, 0.29) is 5.69 Å². The van der Waals surface area contributed by atoms with Gasteiger partial charge in [-0.1, -0.05) is 19.8 Å². The summed E-state index contributed by atoms with van der Waals surface area (Å²) in [5, 5.41) is 13.7. The Labute approximate surface area is 106 Å². The molecule has 0 unspecified atom stereocenters. The van der Waals surface area contributed by atoms with Gasteiger partial charge in [0.25, 0.3) is 0 Å². The Bertz CT molecular complexity index is 413. The third-order valence-corrected chi connectivity index (χ3v) is 3.88. The standard InChI is InChI=1S/C12H18N4O2/c1-2-12(5-3-4-6-12)9-15-11-13-7-10(8-14-11)16(17)18/h7-8H,2-6,9H2,1H3,(H,13,14,15). The number of rotatable bonds is 5. The summed E-state index contributed by atoms with van der Waals surface area (Å²) in [6, 6.07) is 0. The number of aromatic nitrogens is 2. The monoisotopic (exact) mass is 250 g/mol. The number of hydrogen-bond donors (Lipinski definition) is 1. The Hall–Kier alpha value is -1.72. The van der Waals surface area contributed by atoms with E-state index in [1.807, 2.05) is 0 Å². The summed E-state index contributed by atoms with van der Waals surface area (Å²) < 4.78 is 0. The van der Waals surface area contributed by atoms with Gasteiger partial charge in [-0.25, -0.2) is 9.97 Å². The molecule has 1 aliphatic carbocycles. The Morgan fingerprint density at radius 3 is 2.50 bits per heavy atom. The van der Waals surface area contributed by atoms with Crippen LogP contribution in [0.2, 0.25) is 0 Å². The van der Waals surface area contributed by atoms with Crippen molar-refractivity contribution < 1.29 is 4.92 Å². The van der Waals surface area contributed by atoms with Crippen LogP contribution in [0.5, 0.6) is 0 Å². The van der Waals surface area contributed by atoms with Crippen LogP contribution in [0.4, 0.5) is 11.6 Å². The van der Waals surface area contributed by atoms with Crippen LogP contribution >= 0.6 is 0 Å². The first-order valence-corrected chi connectivity index (χ1v) is 6.35. The van der Waals surface area contributed by atoms with Crippen molar-refractivity contribution >= 4 is 11.6 Å². The Kier molecular flexibility index (Phi) is 3.74. The van der Waals surface area contributed by atoms with Gasteiger partial charge in [0, 0.05) is 6.54 Å². The summed E-state index contributed by atoms with van der Waals surface area (Å²) >= 11 is 0. The molecule has 1 aliphatic rings. The highest BCUT2D eigenvalue weighted by Gasteiger charge is 2.31. The summed E-state index contributed by atoms with van der Waals surface area (Å²) in [4.78, 5) is 17.9. The van der Waals surface area contributed by atoms with Crippen molar-refractivity contribution in [2.24, 2.45) is 5.41 Å². The zero-order chi connectivity index (χ0) is 13.0. The van der Waals surface area contributed by atoms with E-state index in [1.165, 1.54) is 38.1 Å². The van der Waals surface area contributed by atoms with E-state index in [0.29, 0.717) is 11.4 Å². The van der Waals surface area contributed by atoms with Crippen molar-refractivity contribution in [1.82, 2.24) is 9.97 Å². The average Bonchev–Trinajstić information content (AvgIpc) is 2.86. The van der Waals surface area contributed by atoms with Gasteiger partial charge < -0.3 is 5.32 Å². The Balaban J connectivity index is 1.95. The molecule has 98 valence electrons. The molecule has 6 nitrogen and oxygen atoms in total. The molecule has 0 bridgehead atoms. The molecule has 0 aromatic carbocycles. The van der Waals surface area contributed by atoms with Gasteiger partial charge in [0.15, 0.2) is 0 Å². The lowest BCUT2D eigenvalue weighted by Gasteiger charge is -2.27. The maximum absolute atomic E-state index is 10.5. The van der Waals surface area contributed by atoms with Gasteiger partial charge >= 0.3 is 5.69 Å². The average molecular weight is 250 g/mol. The molecule has 0 saturated heterocycles. The van der Waals surface area contributed by atoms with Crippen LogP contribution in [0.1, 0.15) is 39.0 Å². The van der Waals surface area contributed by atoms with Crippen LogP contribution in [0.3, 0.4) is 0 Å². The molecule has 1 aromatic rings. The minimum absolute atomic E-state index is 0.0772. The smallest absolute Gasteiger partial charge is 0.305 e. The van der Waals surface area contributed by atoms with Gasteiger partial charge in [0.2, 0.25) is 5.95 Å². The zero-order valence-electron chi connectivity index (χ0n) is 10.6. The largest absolute Gasteiger partial charge is 0.354 e. The second kappa shape index (κ2) is 5.29. The number of nitrogens with zero attached hydrogens (tertiary/aromatic N) is 3. The lowest BCUT2D eigenvalue weighted by molar-refractivity contribution is -0.385. The zero-order valence-corrected chi connectivity index (χ0v) is 10.6. The first kappa shape index (κ1) is 12.7. The number of nitrogens with one attached hydrogen (secondary N) is 1. The van der Waals surface area contributed by atoms with E-state index in [0.717, 1.165) is 13.0 Å². The van der Waals surface area contributed by atoms with Gasteiger partial charge in [-0.3, -0.25) is 10.1 Å². The molecule has 0 spiro atoms. The van der Waals surface area contributed by atoms with E-state index in [2.05, 4.69) is 22.2 Å². The third-order valence-electron chi connectivity index (χ3n) is 3.88. The van der Waals surface area contributed by atoms with E-state index in [9.17, 15) is 10.1 Å². The molecule has 2 rings (SSSR count). The summed E-state index contributed by atoms with van der Waals surface area (Å²) in [5.74, 6) is 0.473. The molecule has 0 radical (unpaired) electrons. The quantitative estimate of drug-likeness (QED) is 0.642. The first-order valence-electron chi connectivity index (χ1n) is 6.35. The fourth-order valence-corrected chi connectivity index (χ4v) is 2.55. The topological polar surface area (TPSA) is 81.0 Å². The van der Waals surface area contributed by atoms with E-state index in [4.69, 9.17) is 0 Å². The molecule has 0 aliphatic heterocycles. The molecule has 1 aromatic heterocycles. The predicted molar refractivity (Wildman–Crippen MR) is 68.4 cm³/mol. The highest BCUT2D eigenvalue weighted by molar-refractivity contribution is 5.30. The van der Waals surface area contributed by atoms with Crippen LogP contribution in [0, 0.1) is 15.5 Å². The normalized spacial score (nSPS) is 17.6. The number of nitro groups is 1. The van der Waals surface area contributed by atoms with E-state index < -0.39 is 4.92 Å². The molecule has 6 heteroatoms. The maximum Gasteiger partial charge on any atom is 0.305 e. The molecule has 1 N–H and O–H groups in total. The molecule has 0 atom stereocenters. The van der Waals surface area contributed by atoms with Crippen molar-refractivity contribution in [3.63, 3.8) is 0 Å². The summed E-state index contributed by atoms with van der Waals surface area (Å²) in [7, 11) is 0. The van der Waals surface area contributed by atoms with Crippen LogP contribution in [-0.2, 0) is 0 Å². The highest BCUT2D eigenvalue weighted by Crippen LogP contribution is 2.40. The van der Waals surface area contributed by atoms with Crippen molar-refractivity contribution in [2.75, 3.05) is 11.9 Å². The molecule has 1 heterocycles. The Morgan fingerprint density at radius 1 is 1.39 bits per heavy atom. The third kappa shape index (κ3) is 2.75. The summed E-state index contributed by atoms with van der Waals surface area (Å²) in [5.41, 5.74) is 0.275. The van der Waals surface area contributed by atoms with Crippen molar-refractivity contribution in [3.05, 3.63) is 22.5 Å². The maximum atomic E-state index is 10.5. The predicted octanol–water partition coefficient (Wildman–Crippen LogP) is 2.77. The number of anilines is 1. The van der Waals surface area contributed by atoms with Crippen LogP contribution in [0.15, 0.2) is 12.4 Å². The van der Waals surface area contributed by atoms with Crippen molar-refractivity contribution in [3.8, 4) is 0 Å². The molecular weight excluding hydrogens is 232 g/mol. The molecular formula is C12H18N4O2. The van der Waals surface area contributed by atoms with E-state index >= 15 is 0 Å². The molecule has 1 saturated carbocycles. The van der Waals surface area contributed by atoms with Gasteiger partial charge in [0.1, 0.15) is 12.4 Å². The van der Waals surface area contributed by atoms with E-state index in [1.54, 1.807) is 0 Å². The van der Waals surface area contributed by atoms with Crippen LogP contribution < -0.4 is 5.32 Å². The van der Waals surface area contributed by atoms with Crippen LogP contribution in [-0.4, -0.2) is 21.4 Å². The van der Waals surface area contributed by atoms with Crippen molar-refractivity contribution in [2.45, 2.75) is 39.0 Å². The minimum Gasteiger partial charge on any atom is -0.354 e. The second-order valence-electron chi connectivity index (χ2n) is 4.94. The Morgan fingerprint density at radius 2 is 2.00 bits per heavy atom. The lowest BCUT2D eigenvalue weighted by atomic mass is 9.83. The summed E-state index contributed by atoms with van der Waals surface area (Å²) in [6.45, 7) is 3.06. The lowest BCUT2D eigenvalue weighted by Crippen LogP contribution is -2.26. The van der Waals surface area contributed by atoms with Crippen molar-refractivity contribution in [1.29, 1.82) is 0 Å². The van der Waals surface area contributed by atoms with Gasteiger partial charge in [-0.2, -0.15) is 0 Å². The fraction of sp³-hybridized carbons (Fsp3) is 0.667. The van der Waals surface area contributed by atoms with Gasteiger partial charge in [-0.15, -0.1) is 0 Å². The minimum atomic E-state index is -0.492. The molecule has 1 fully saturated rings. The molecule has 18 heavy (non-hydrogen) atoms.